The molecule has 0 heterocycles. The van der Waals surface area contributed by atoms with E-state index in [0.717, 1.165) is 56.5 Å². The summed E-state index contributed by atoms with van der Waals surface area (Å²) in [6.45, 7) is 7.18. The summed E-state index contributed by atoms with van der Waals surface area (Å²) >= 11 is 2.36. The molecule has 0 radical (unpaired) electrons. The summed E-state index contributed by atoms with van der Waals surface area (Å²) in [5, 5.41) is 18.5. The van der Waals surface area contributed by atoms with Crippen LogP contribution in [0.3, 0.4) is 0 Å². The van der Waals surface area contributed by atoms with Gasteiger partial charge >= 0.3 is 0 Å². The van der Waals surface area contributed by atoms with Gasteiger partial charge in [-0.05, 0) is 71.1 Å². The normalized spacial score (nSPS) is 13.3. The molecule has 0 saturated carbocycles. The Kier molecular flexibility index (Phi) is 28.8. The summed E-state index contributed by atoms with van der Waals surface area (Å²) in [6, 6.07) is 0. The van der Waals surface area contributed by atoms with Crippen molar-refractivity contribution in [2.24, 2.45) is 5.41 Å². The average molecular weight is 778 g/mol. The lowest BCUT2D eigenvalue weighted by Gasteiger charge is -2.28. The molecule has 0 spiro atoms. The van der Waals surface area contributed by atoms with Gasteiger partial charge in [0.25, 0.3) is 0 Å². The molecule has 1 atom stereocenters. The van der Waals surface area contributed by atoms with Gasteiger partial charge in [-0.2, -0.15) is 0 Å². The zero-order chi connectivity index (χ0) is 33.6. The lowest BCUT2D eigenvalue weighted by atomic mass is 9.87. The molecule has 0 aromatic heterocycles. The summed E-state index contributed by atoms with van der Waals surface area (Å²) in [7, 11) is 4.82. The molecule has 0 fully saturated rings. The van der Waals surface area contributed by atoms with Gasteiger partial charge < -0.3 is 25.8 Å². The summed E-state index contributed by atoms with van der Waals surface area (Å²) in [5.41, 5.74) is -0.713. The number of carbonyl (C=O) groups is 3. The van der Waals surface area contributed by atoms with Gasteiger partial charge in [-0.3, -0.25) is 14.4 Å². The highest BCUT2D eigenvalue weighted by atomic mass is 127. The third kappa shape index (κ3) is 27.3. The van der Waals surface area contributed by atoms with E-state index in [4.69, 9.17) is 4.74 Å². The van der Waals surface area contributed by atoms with Crippen LogP contribution in [-0.2, 0) is 19.1 Å². The molecule has 4 N–H and O–H groups in total. The number of ether oxygens (including phenoxy) is 1. The smallest absolute Gasteiger partial charge is 0.249 e. The molecule has 45 heavy (non-hydrogen) atoms. The second kappa shape index (κ2) is 29.8. The van der Waals surface area contributed by atoms with Crippen LogP contribution in [0.5, 0.6) is 0 Å². The standard InChI is InChI=1S/C34H56IN3O5S2/c1-5-6-7-8-9-10-11-12-13-14-15-16-17-19-29(35)20-18-21-30(39)36-24-26-44-45-27-25-37-31(40)22-23-38-33(42)32(41)34(2,3)28-43-4/h6-7,9-10,12-13,15-16,19,32,41H,5,8,11,14,17-18,20-28H2,1-4H3,(H,36,39)(H,37,40)(H,38,42)/b7-6-,10-9-,13-12-,16-15-,29-19+/t32-/m0/s1. The first-order valence-corrected chi connectivity index (χ1v) is 19.4. The second-order valence-corrected chi connectivity index (χ2v) is 15.0. The lowest BCUT2D eigenvalue weighted by molar-refractivity contribution is -0.137. The topological polar surface area (TPSA) is 117 Å². The first-order valence-electron chi connectivity index (χ1n) is 15.8. The zero-order valence-electron chi connectivity index (χ0n) is 27.7. The SMILES string of the molecule is CC/C=C\C/C=C\C/C=C\C/C=C\C/C=C(/I)CCCC(=O)NCCSSCCNC(=O)CCNC(=O)[C@H](O)C(C)(C)COC. The van der Waals surface area contributed by atoms with E-state index in [9.17, 15) is 19.5 Å². The summed E-state index contributed by atoms with van der Waals surface area (Å²) in [5.74, 6) is 0.955. The van der Waals surface area contributed by atoms with Gasteiger partial charge in [0.05, 0.1) is 6.61 Å². The van der Waals surface area contributed by atoms with Gasteiger partial charge in [0.15, 0.2) is 0 Å². The molecule has 3 amide bonds. The number of methoxy groups -OCH3 is 1. The van der Waals surface area contributed by atoms with Crippen molar-refractivity contribution >= 4 is 61.9 Å². The third-order valence-corrected chi connectivity index (χ3v) is 9.66. The minimum absolute atomic E-state index is 0.0814. The number of amides is 3. The number of allylic oxidation sites excluding steroid dienone is 10. The number of hydrogen-bond acceptors (Lipinski definition) is 7. The van der Waals surface area contributed by atoms with E-state index in [1.54, 1.807) is 35.4 Å². The summed E-state index contributed by atoms with van der Waals surface area (Å²) < 4.78 is 6.32. The molecule has 256 valence electrons. The monoisotopic (exact) mass is 777 g/mol. The maximum atomic E-state index is 12.1. The van der Waals surface area contributed by atoms with Crippen molar-refractivity contribution in [3.05, 3.63) is 58.3 Å². The van der Waals surface area contributed by atoms with Gasteiger partial charge in [-0.25, -0.2) is 0 Å². The molecule has 0 saturated heterocycles. The Labute approximate surface area is 293 Å². The van der Waals surface area contributed by atoms with Gasteiger partial charge in [-0.1, -0.05) is 97.0 Å². The number of aliphatic hydroxyl groups is 1. The van der Waals surface area contributed by atoms with Gasteiger partial charge in [0.2, 0.25) is 17.7 Å². The fourth-order valence-corrected chi connectivity index (χ4v) is 6.20. The van der Waals surface area contributed by atoms with E-state index >= 15 is 0 Å². The predicted molar refractivity (Wildman–Crippen MR) is 201 cm³/mol. The minimum atomic E-state index is -1.21. The summed E-state index contributed by atoms with van der Waals surface area (Å²) in [6.07, 6.45) is 25.9. The molecule has 0 aliphatic rings. The number of aliphatic hydroxyl groups excluding tert-OH is 1. The lowest BCUT2D eigenvalue weighted by Crippen LogP contribution is -2.46. The molecule has 0 unspecified atom stereocenters. The molecule has 0 aliphatic carbocycles. The Morgan fingerprint density at radius 3 is 1.82 bits per heavy atom. The van der Waals surface area contributed by atoms with Crippen LogP contribution in [0, 0.1) is 5.41 Å². The van der Waals surface area contributed by atoms with E-state index in [-0.39, 0.29) is 31.4 Å². The molecule has 8 nitrogen and oxygen atoms in total. The van der Waals surface area contributed by atoms with E-state index < -0.39 is 17.4 Å². The highest BCUT2D eigenvalue weighted by Crippen LogP contribution is 2.21. The van der Waals surface area contributed by atoms with Gasteiger partial charge in [-0.15, -0.1) is 0 Å². The van der Waals surface area contributed by atoms with Crippen LogP contribution in [0.2, 0.25) is 0 Å². The number of carbonyl (C=O) groups excluding carboxylic acids is 3. The van der Waals surface area contributed by atoms with E-state index in [1.807, 2.05) is 0 Å². The van der Waals surface area contributed by atoms with E-state index in [0.29, 0.717) is 19.5 Å². The van der Waals surface area contributed by atoms with Crippen molar-refractivity contribution in [3.8, 4) is 0 Å². The van der Waals surface area contributed by atoms with Crippen LogP contribution >= 0.6 is 44.2 Å². The first-order chi connectivity index (χ1) is 21.6. The molecule has 0 aromatic carbocycles. The number of hydrogen-bond donors (Lipinski definition) is 4. The Morgan fingerprint density at radius 2 is 1.29 bits per heavy atom. The van der Waals surface area contributed by atoms with Gasteiger partial charge in [0, 0.05) is 56.5 Å². The largest absolute Gasteiger partial charge is 0.384 e. The maximum absolute atomic E-state index is 12.1. The Hall–Kier alpha value is -1.54. The first kappa shape index (κ1) is 43.5. The van der Waals surface area contributed by atoms with E-state index in [2.05, 4.69) is 100 Å². The number of nitrogens with one attached hydrogen (secondary N) is 3. The van der Waals surface area contributed by atoms with E-state index in [1.165, 1.54) is 10.7 Å². The van der Waals surface area contributed by atoms with Crippen molar-refractivity contribution in [3.63, 3.8) is 0 Å². The third-order valence-electron chi connectivity index (χ3n) is 6.27. The van der Waals surface area contributed by atoms with Gasteiger partial charge in [0.1, 0.15) is 6.10 Å². The second-order valence-electron chi connectivity index (χ2n) is 11.0. The van der Waals surface area contributed by atoms with Crippen LogP contribution in [0.15, 0.2) is 58.3 Å². The Bertz CT molecular complexity index is 967. The minimum Gasteiger partial charge on any atom is -0.384 e. The number of halogens is 1. The number of rotatable bonds is 27. The van der Waals surface area contributed by atoms with Crippen LogP contribution < -0.4 is 16.0 Å². The van der Waals surface area contributed by atoms with Crippen molar-refractivity contribution < 1.29 is 24.2 Å². The highest BCUT2D eigenvalue weighted by molar-refractivity contribution is 14.1. The van der Waals surface area contributed by atoms with Crippen molar-refractivity contribution in [2.45, 2.75) is 84.7 Å². The molecule has 0 rings (SSSR count). The van der Waals surface area contributed by atoms with Crippen LogP contribution in [0.4, 0.5) is 0 Å². The summed E-state index contributed by atoms with van der Waals surface area (Å²) in [4.78, 5) is 36.1. The fraction of sp³-hybridized carbons (Fsp3) is 0.618. The van der Waals surface area contributed by atoms with Crippen LogP contribution in [0.1, 0.15) is 78.6 Å². The van der Waals surface area contributed by atoms with Crippen LogP contribution in [0.25, 0.3) is 0 Å². The van der Waals surface area contributed by atoms with Crippen molar-refractivity contribution in [1.82, 2.24) is 16.0 Å². The molecular weight excluding hydrogens is 721 g/mol. The Balaban J connectivity index is 3.73. The molecular formula is C34H56IN3O5S2. The molecule has 0 aromatic rings. The average Bonchev–Trinajstić information content (AvgIpc) is 3.00. The molecule has 0 bridgehead atoms. The highest BCUT2D eigenvalue weighted by Gasteiger charge is 2.33. The van der Waals surface area contributed by atoms with Crippen LogP contribution in [-0.4, -0.2) is 73.8 Å². The molecule has 0 aliphatic heterocycles. The molecule has 11 heteroatoms. The predicted octanol–water partition coefficient (Wildman–Crippen LogP) is 6.82. The maximum Gasteiger partial charge on any atom is 0.249 e. The fourth-order valence-electron chi connectivity index (χ4n) is 3.75. The van der Waals surface area contributed by atoms with Crippen molar-refractivity contribution in [2.75, 3.05) is 44.9 Å². The van der Waals surface area contributed by atoms with Crippen molar-refractivity contribution in [1.29, 1.82) is 0 Å². The Morgan fingerprint density at radius 1 is 0.778 bits per heavy atom. The zero-order valence-corrected chi connectivity index (χ0v) is 31.4. The quantitative estimate of drug-likeness (QED) is 0.0313.